The summed E-state index contributed by atoms with van der Waals surface area (Å²) in [5.74, 6) is -1.28. The lowest BCUT2D eigenvalue weighted by atomic mass is 9.82. The van der Waals surface area contributed by atoms with E-state index in [-0.39, 0.29) is 5.75 Å². The van der Waals surface area contributed by atoms with Gasteiger partial charge in [0.2, 0.25) is 0 Å². The maximum Gasteiger partial charge on any atom is 0.426 e. The second kappa shape index (κ2) is 7.34. The molecule has 0 spiro atoms. The van der Waals surface area contributed by atoms with Gasteiger partial charge in [0.25, 0.3) is 0 Å². The zero-order chi connectivity index (χ0) is 22.5. The van der Waals surface area contributed by atoms with Crippen molar-refractivity contribution in [3.05, 3.63) is 64.7 Å². The van der Waals surface area contributed by atoms with Crippen LogP contribution >= 0.6 is 11.6 Å². The first-order valence-corrected chi connectivity index (χ1v) is 9.69. The third-order valence-electron chi connectivity index (χ3n) is 6.21. The standard InChI is InChI=1S/C23H22ClF3O3/c1-13-16(14-8-10-15(28)11-9-14)6-5-7-17(13)22(20(29)30-4)18(21(22,2)3)12-19(24)23(25,26)27/h5-12,18,28H,1-4H3/b19-12-/t18-,22-/m1/s1. The number of ether oxygens (including phenoxy) is 1. The van der Waals surface area contributed by atoms with Gasteiger partial charge in [-0.1, -0.05) is 61.9 Å². The lowest BCUT2D eigenvalue weighted by molar-refractivity contribution is -0.145. The number of hydrogen-bond donors (Lipinski definition) is 1. The highest BCUT2D eigenvalue weighted by Crippen LogP contribution is 2.71. The van der Waals surface area contributed by atoms with Crippen molar-refractivity contribution in [1.82, 2.24) is 0 Å². The molecule has 7 heteroatoms. The highest BCUT2D eigenvalue weighted by molar-refractivity contribution is 6.30. The number of esters is 1. The van der Waals surface area contributed by atoms with E-state index in [1.165, 1.54) is 7.11 Å². The smallest absolute Gasteiger partial charge is 0.426 e. The number of alkyl halides is 3. The van der Waals surface area contributed by atoms with E-state index in [4.69, 9.17) is 16.3 Å². The monoisotopic (exact) mass is 438 g/mol. The topological polar surface area (TPSA) is 46.5 Å². The number of carbonyl (C=O) groups excluding carboxylic acids is 1. The Bertz CT molecular complexity index is 1010. The lowest BCUT2D eigenvalue weighted by Gasteiger charge is -2.22. The molecule has 1 saturated carbocycles. The van der Waals surface area contributed by atoms with E-state index in [2.05, 4.69) is 0 Å². The molecule has 1 N–H and O–H groups in total. The van der Waals surface area contributed by atoms with Crippen molar-refractivity contribution in [3.8, 4) is 16.9 Å². The van der Waals surface area contributed by atoms with Crippen LogP contribution < -0.4 is 0 Å². The van der Waals surface area contributed by atoms with Crippen LogP contribution in [0.3, 0.4) is 0 Å². The second-order valence-corrected chi connectivity index (χ2v) is 8.44. The molecular weight excluding hydrogens is 417 g/mol. The summed E-state index contributed by atoms with van der Waals surface area (Å²) in [4.78, 5) is 13.0. The molecule has 1 aliphatic rings. The Morgan fingerprint density at radius 3 is 2.30 bits per heavy atom. The average Bonchev–Trinajstić information content (AvgIpc) is 3.16. The van der Waals surface area contributed by atoms with Crippen molar-refractivity contribution in [2.24, 2.45) is 11.3 Å². The van der Waals surface area contributed by atoms with Crippen molar-refractivity contribution in [2.45, 2.75) is 32.4 Å². The molecular formula is C23H22ClF3O3. The number of carbonyl (C=O) groups is 1. The van der Waals surface area contributed by atoms with E-state index in [1.807, 2.05) is 13.0 Å². The fraction of sp³-hybridized carbons (Fsp3) is 0.348. The van der Waals surface area contributed by atoms with Gasteiger partial charge in [-0.05, 0) is 46.7 Å². The minimum absolute atomic E-state index is 0.119. The molecule has 2 atom stereocenters. The molecule has 0 unspecified atom stereocenters. The van der Waals surface area contributed by atoms with Crippen LogP contribution in [0, 0.1) is 18.3 Å². The summed E-state index contributed by atoms with van der Waals surface area (Å²) >= 11 is 5.52. The van der Waals surface area contributed by atoms with Gasteiger partial charge in [-0.25, -0.2) is 0 Å². The van der Waals surface area contributed by atoms with E-state index in [0.717, 1.165) is 22.8 Å². The number of rotatable bonds is 4. The second-order valence-electron chi connectivity index (χ2n) is 8.04. The van der Waals surface area contributed by atoms with Crippen LogP contribution in [0.5, 0.6) is 5.75 Å². The van der Waals surface area contributed by atoms with Gasteiger partial charge in [-0.2, -0.15) is 13.2 Å². The molecule has 0 saturated heterocycles. The van der Waals surface area contributed by atoms with Gasteiger partial charge in [0.1, 0.15) is 16.2 Å². The van der Waals surface area contributed by atoms with E-state index < -0.39 is 33.9 Å². The van der Waals surface area contributed by atoms with Gasteiger partial charge >= 0.3 is 12.1 Å². The first-order valence-electron chi connectivity index (χ1n) is 9.31. The Labute approximate surface area is 178 Å². The van der Waals surface area contributed by atoms with E-state index >= 15 is 0 Å². The summed E-state index contributed by atoms with van der Waals surface area (Å²) in [6.45, 7) is 5.29. The Hall–Kier alpha value is -2.47. The average molecular weight is 439 g/mol. The fourth-order valence-corrected chi connectivity index (χ4v) is 4.70. The molecule has 3 rings (SSSR count). The van der Waals surface area contributed by atoms with Crippen molar-refractivity contribution in [2.75, 3.05) is 7.11 Å². The normalized spacial score (nSPS) is 23.2. The number of methoxy groups -OCH3 is 1. The minimum atomic E-state index is -4.69. The largest absolute Gasteiger partial charge is 0.508 e. The first-order chi connectivity index (χ1) is 13.9. The first kappa shape index (κ1) is 22.2. The zero-order valence-electron chi connectivity index (χ0n) is 17.0. The molecule has 2 aromatic rings. The van der Waals surface area contributed by atoms with Gasteiger partial charge in [0.15, 0.2) is 0 Å². The number of phenols is 1. The van der Waals surface area contributed by atoms with Gasteiger partial charge in [0.05, 0.1) is 7.11 Å². The summed E-state index contributed by atoms with van der Waals surface area (Å²) in [5, 5.41) is 8.30. The Morgan fingerprint density at radius 2 is 1.77 bits per heavy atom. The molecule has 1 aliphatic carbocycles. The Morgan fingerprint density at radius 1 is 1.17 bits per heavy atom. The van der Waals surface area contributed by atoms with Crippen LogP contribution in [0.15, 0.2) is 53.6 Å². The van der Waals surface area contributed by atoms with Crippen LogP contribution in [0.1, 0.15) is 25.0 Å². The van der Waals surface area contributed by atoms with Gasteiger partial charge in [-0.15, -0.1) is 0 Å². The molecule has 2 aromatic carbocycles. The molecule has 160 valence electrons. The lowest BCUT2D eigenvalue weighted by Crippen LogP contribution is -2.29. The number of allylic oxidation sites excluding steroid dienone is 2. The molecule has 0 aromatic heterocycles. The van der Waals surface area contributed by atoms with Crippen molar-refractivity contribution >= 4 is 17.6 Å². The number of benzene rings is 2. The zero-order valence-corrected chi connectivity index (χ0v) is 17.7. The SMILES string of the molecule is COC(=O)[C@@]1(c2cccc(-c3ccc(O)cc3)c2C)[C@H](/C=C(\Cl)C(F)(F)F)C1(C)C. The maximum absolute atomic E-state index is 13.1. The molecule has 1 fully saturated rings. The number of phenolic OH excluding ortho intramolecular Hbond substituents is 1. The third kappa shape index (κ3) is 3.27. The highest BCUT2D eigenvalue weighted by Gasteiger charge is 2.76. The number of hydrogen-bond acceptors (Lipinski definition) is 3. The van der Waals surface area contributed by atoms with Gasteiger partial charge in [0, 0.05) is 5.92 Å². The summed E-state index contributed by atoms with van der Waals surface area (Å²) in [7, 11) is 1.23. The van der Waals surface area contributed by atoms with Crippen molar-refractivity contribution in [1.29, 1.82) is 0 Å². The predicted molar refractivity (Wildman–Crippen MR) is 109 cm³/mol. The van der Waals surface area contributed by atoms with E-state index in [0.29, 0.717) is 5.56 Å². The van der Waals surface area contributed by atoms with Crippen LogP contribution in [-0.4, -0.2) is 24.4 Å². The quantitative estimate of drug-likeness (QED) is 0.585. The van der Waals surface area contributed by atoms with Gasteiger partial charge < -0.3 is 9.84 Å². The molecule has 3 nitrogen and oxygen atoms in total. The van der Waals surface area contributed by atoms with Gasteiger partial charge in [-0.3, -0.25) is 4.79 Å². The van der Waals surface area contributed by atoms with Crippen molar-refractivity contribution in [3.63, 3.8) is 0 Å². The van der Waals surface area contributed by atoms with Crippen LogP contribution in [0.25, 0.3) is 11.1 Å². The molecule has 30 heavy (non-hydrogen) atoms. The predicted octanol–water partition coefficient (Wildman–Crippen LogP) is 6.12. The molecule has 0 heterocycles. The molecule has 0 radical (unpaired) electrons. The van der Waals surface area contributed by atoms with Crippen molar-refractivity contribution < 1.29 is 27.8 Å². The maximum atomic E-state index is 13.1. The Balaban J connectivity index is 2.20. The molecule has 0 bridgehead atoms. The summed E-state index contributed by atoms with van der Waals surface area (Å²) < 4.78 is 44.3. The summed E-state index contributed by atoms with van der Waals surface area (Å²) in [6, 6.07) is 11.9. The Kier molecular flexibility index (Phi) is 5.44. The fourth-order valence-electron chi connectivity index (χ4n) is 4.57. The van der Waals surface area contributed by atoms with E-state index in [9.17, 15) is 23.1 Å². The van der Waals surface area contributed by atoms with E-state index in [1.54, 1.807) is 50.2 Å². The van der Waals surface area contributed by atoms with Crippen LogP contribution in [0.4, 0.5) is 13.2 Å². The minimum Gasteiger partial charge on any atom is -0.508 e. The number of aromatic hydroxyl groups is 1. The molecule has 0 amide bonds. The third-order valence-corrected chi connectivity index (χ3v) is 6.55. The highest BCUT2D eigenvalue weighted by atomic mass is 35.5. The molecule has 0 aliphatic heterocycles. The number of halogens is 4. The van der Waals surface area contributed by atoms with Crippen LogP contribution in [-0.2, 0) is 14.9 Å². The summed E-state index contributed by atoms with van der Waals surface area (Å²) in [6.07, 6.45) is -3.77. The van der Waals surface area contributed by atoms with Crippen LogP contribution in [0.2, 0.25) is 0 Å². The summed E-state index contributed by atoms with van der Waals surface area (Å²) in [5.41, 5.74) is 0.821.